The standard InChI is InChI=1S/C16H18N2O2/c1-12-4-9-16(18-10-12)20-15-7-5-14(6-8-15)19-13(2)11-17-3/h4-11,13H,1-3H3. The minimum Gasteiger partial charge on any atom is -0.485 e. The van der Waals surface area contributed by atoms with Gasteiger partial charge in [0.05, 0.1) is 0 Å². The Morgan fingerprint density at radius 2 is 1.80 bits per heavy atom. The van der Waals surface area contributed by atoms with Crippen LogP contribution < -0.4 is 9.47 Å². The number of hydrogen-bond donors (Lipinski definition) is 0. The fourth-order valence-electron chi connectivity index (χ4n) is 1.68. The van der Waals surface area contributed by atoms with E-state index < -0.39 is 0 Å². The van der Waals surface area contributed by atoms with Crippen molar-refractivity contribution in [3.63, 3.8) is 0 Å². The van der Waals surface area contributed by atoms with Crippen LogP contribution in [0.25, 0.3) is 0 Å². The molecule has 0 spiro atoms. The molecule has 2 aromatic rings. The number of ether oxygens (including phenoxy) is 2. The van der Waals surface area contributed by atoms with Gasteiger partial charge in [0.1, 0.15) is 17.6 Å². The van der Waals surface area contributed by atoms with E-state index in [1.807, 2.05) is 50.2 Å². The molecule has 0 aliphatic carbocycles. The van der Waals surface area contributed by atoms with Crippen molar-refractivity contribution in [1.82, 2.24) is 4.98 Å². The fraction of sp³-hybridized carbons (Fsp3) is 0.250. The van der Waals surface area contributed by atoms with Crippen molar-refractivity contribution in [2.24, 2.45) is 4.99 Å². The predicted molar refractivity (Wildman–Crippen MR) is 80.0 cm³/mol. The lowest BCUT2D eigenvalue weighted by atomic mass is 10.3. The Labute approximate surface area is 119 Å². The van der Waals surface area contributed by atoms with Gasteiger partial charge in [-0.1, -0.05) is 6.07 Å². The second-order valence-corrected chi connectivity index (χ2v) is 4.48. The van der Waals surface area contributed by atoms with Crippen LogP contribution in [0.1, 0.15) is 12.5 Å². The van der Waals surface area contributed by atoms with E-state index in [1.165, 1.54) is 0 Å². The van der Waals surface area contributed by atoms with Crippen molar-refractivity contribution in [2.75, 3.05) is 7.05 Å². The highest BCUT2D eigenvalue weighted by Gasteiger charge is 2.02. The first-order valence-corrected chi connectivity index (χ1v) is 6.47. The first-order valence-electron chi connectivity index (χ1n) is 6.47. The first kappa shape index (κ1) is 14.1. The maximum Gasteiger partial charge on any atom is 0.219 e. The van der Waals surface area contributed by atoms with Crippen LogP contribution >= 0.6 is 0 Å². The molecular weight excluding hydrogens is 252 g/mol. The molecule has 0 fully saturated rings. The maximum atomic E-state index is 5.66. The fourth-order valence-corrected chi connectivity index (χ4v) is 1.68. The molecule has 1 aromatic carbocycles. The molecule has 0 N–H and O–H groups in total. The van der Waals surface area contributed by atoms with Crippen LogP contribution in [-0.4, -0.2) is 24.4 Å². The van der Waals surface area contributed by atoms with Crippen LogP contribution in [0.2, 0.25) is 0 Å². The summed E-state index contributed by atoms with van der Waals surface area (Å²) in [6.45, 7) is 3.93. The summed E-state index contributed by atoms with van der Waals surface area (Å²) in [5.41, 5.74) is 1.10. The van der Waals surface area contributed by atoms with Crippen molar-refractivity contribution in [1.29, 1.82) is 0 Å². The van der Waals surface area contributed by atoms with Crippen LogP contribution in [0.4, 0.5) is 0 Å². The molecule has 20 heavy (non-hydrogen) atoms. The molecule has 0 aliphatic rings. The molecule has 1 heterocycles. The van der Waals surface area contributed by atoms with E-state index in [0.717, 1.165) is 17.1 Å². The largest absolute Gasteiger partial charge is 0.485 e. The van der Waals surface area contributed by atoms with Crippen LogP contribution in [0.5, 0.6) is 17.4 Å². The minimum atomic E-state index is -0.0504. The topological polar surface area (TPSA) is 43.7 Å². The van der Waals surface area contributed by atoms with Crippen molar-refractivity contribution >= 4 is 6.21 Å². The highest BCUT2D eigenvalue weighted by atomic mass is 16.5. The van der Waals surface area contributed by atoms with E-state index in [0.29, 0.717) is 5.88 Å². The number of benzene rings is 1. The van der Waals surface area contributed by atoms with E-state index in [1.54, 1.807) is 19.5 Å². The molecule has 0 saturated carbocycles. The summed E-state index contributed by atoms with van der Waals surface area (Å²) in [5, 5.41) is 0. The average molecular weight is 270 g/mol. The van der Waals surface area contributed by atoms with Gasteiger partial charge in [-0.05, 0) is 43.7 Å². The Bertz CT molecular complexity index is 562. The quantitative estimate of drug-likeness (QED) is 0.779. The summed E-state index contributed by atoms with van der Waals surface area (Å²) < 4.78 is 11.3. The third-order valence-corrected chi connectivity index (χ3v) is 2.61. The van der Waals surface area contributed by atoms with Crippen molar-refractivity contribution in [3.05, 3.63) is 48.2 Å². The highest BCUT2D eigenvalue weighted by Crippen LogP contribution is 2.22. The van der Waals surface area contributed by atoms with Crippen molar-refractivity contribution in [2.45, 2.75) is 20.0 Å². The lowest BCUT2D eigenvalue weighted by Crippen LogP contribution is -2.12. The van der Waals surface area contributed by atoms with E-state index in [4.69, 9.17) is 9.47 Å². The van der Waals surface area contributed by atoms with E-state index in [2.05, 4.69) is 9.98 Å². The normalized spacial score (nSPS) is 12.3. The first-order chi connectivity index (χ1) is 9.67. The van der Waals surface area contributed by atoms with Crippen molar-refractivity contribution < 1.29 is 9.47 Å². The molecule has 0 radical (unpaired) electrons. The lowest BCUT2D eigenvalue weighted by Gasteiger charge is -2.11. The van der Waals surface area contributed by atoms with Gasteiger partial charge >= 0.3 is 0 Å². The Morgan fingerprint density at radius 3 is 2.40 bits per heavy atom. The third kappa shape index (κ3) is 4.09. The molecule has 1 unspecified atom stereocenters. The lowest BCUT2D eigenvalue weighted by molar-refractivity contribution is 0.291. The summed E-state index contributed by atoms with van der Waals surface area (Å²) in [7, 11) is 1.73. The molecule has 0 saturated heterocycles. The zero-order valence-electron chi connectivity index (χ0n) is 11.9. The number of pyridine rings is 1. The van der Waals surface area contributed by atoms with Gasteiger partial charge in [0.25, 0.3) is 0 Å². The van der Waals surface area contributed by atoms with Crippen LogP contribution in [0.3, 0.4) is 0 Å². The van der Waals surface area contributed by atoms with Crippen LogP contribution in [-0.2, 0) is 0 Å². The monoisotopic (exact) mass is 270 g/mol. The summed E-state index contributed by atoms with van der Waals surface area (Å²) >= 11 is 0. The zero-order chi connectivity index (χ0) is 14.4. The number of hydrogen-bond acceptors (Lipinski definition) is 4. The molecule has 1 aromatic heterocycles. The number of rotatable bonds is 5. The summed E-state index contributed by atoms with van der Waals surface area (Å²) in [5.74, 6) is 2.09. The molecule has 4 heteroatoms. The van der Waals surface area contributed by atoms with Crippen molar-refractivity contribution in [3.8, 4) is 17.4 Å². The molecule has 1 atom stereocenters. The molecule has 0 amide bonds. The van der Waals surface area contributed by atoms with Gasteiger partial charge in [0.2, 0.25) is 5.88 Å². The minimum absolute atomic E-state index is 0.0504. The Hall–Kier alpha value is -2.36. The predicted octanol–water partition coefficient (Wildman–Crippen LogP) is 3.65. The zero-order valence-corrected chi connectivity index (χ0v) is 11.9. The number of aliphatic imine (C=N–C) groups is 1. The molecule has 0 bridgehead atoms. The molecule has 0 aliphatic heterocycles. The van der Waals surface area contributed by atoms with E-state index in [-0.39, 0.29) is 6.10 Å². The van der Waals surface area contributed by atoms with Gasteiger partial charge in [-0.15, -0.1) is 0 Å². The van der Waals surface area contributed by atoms with Gasteiger partial charge in [-0.2, -0.15) is 0 Å². The Morgan fingerprint density at radius 1 is 1.10 bits per heavy atom. The van der Waals surface area contributed by atoms with Crippen LogP contribution in [0, 0.1) is 6.92 Å². The second kappa shape index (κ2) is 6.70. The second-order valence-electron chi connectivity index (χ2n) is 4.48. The summed E-state index contributed by atoms with van der Waals surface area (Å²) in [4.78, 5) is 8.13. The van der Waals surface area contributed by atoms with Gasteiger partial charge in [-0.25, -0.2) is 4.98 Å². The Balaban J connectivity index is 1.99. The Kier molecular flexibility index (Phi) is 4.71. The van der Waals surface area contributed by atoms with Gasteiger partial charge in [-0.3, -0.25) is 4.99 Å². The third-order valence-electron chi connectivity index (χ3n) is 2.61. The van der Waals surface area contributed by atoms with Gasteiger partial charge in [0.15, 0.2) is 0 Å². The molecule has 2 rings (SSSR count). The maximum absolute atomic E-state index is 5.66. The van der Waals surface area contributed by atoms with Gasteiger partial charge in [0, 0.05) is 25.5 Å². The SMILES string of the molecule is CN=CC(C)Oc1ccc(Oc2ccc(C)cn2)cc1. The summed E-state index contributed by atoms with van der Waals surface area (Å²) in [6.07, 6.45) is 3.48. The van der Waals surface area contributed by atoms with E-state index in [9.17, 15) is 0 Å². The number of aryl methyl sites for hydroxylation is 1. The average Bonchev–Trinajstić information content (AvgIpc) is 2.44. The number of aromatic nitrogens is 1. The molecule has 104 valence electrons. The molecule has 4 nitrogen and oxygen atoms in total. The van der Waals surface area contributed by atoms with Crippen LogP contribution in [0.15, 0.2) is 47.6 Å². The van der Waals surface area contributed by atoms with Gasteiger partial charge < -0.3 is 9.47 Å². The molecular formula is C16H18N2O2. The number of nitrogens with zero attached hydrogens (tertiary/aromatic N) is 2. The van der Waals surface area contributed by atoms with E-state index >= 15 is 0 Å². The smallest absolute Gasteiger partial charge is 0.219 e. The summed E-state index contributed by atoms with van der Waals surface area (Å²) in [6, 6.07) is 11.2. The highest BCUT2D eigenvalue weighted by molar-refractivity contribution is 5.62.